The van der Waals surface area contributed by atoms with Gasteiger partial charge >= 0.3 is 12.3 Å². The van der Waals surface area contributed by atoms with Crippen LogP contribution in [-0.4, -0.2) is 57.5 Å². The molecule has 2 amide bonds. The van der Waals surface area contributed by atoms with Gasteiger partial charge in [-0.1, -0.05) is 0 Å². The molecule has 0 saturated carbocycles. The summed E-state index contributed by atoms with van der Waals surface area (Å²) < 4.78 is 44.8. The molecule has 0 bridgehead atoms. The number of rotatable bonds is 4. The van der Waals surface area contributed by atoms with Crippen molar-refractivity contribution in [2.24, 2.45) is 5.92 Å². The molecule has 1 aromatic rings. The summed E-state index contributed by atoms with van der Waals surface area (Å²) in [6, 6.07) is 0. The molecule has 132 valence electrons. The third kappa shape index (κ3) is 3.44. The molecule has 2 aliphatic heterocycles. The van der Waals surface area contributed by atoms with Crippen LogP contribution >= 0.6 is 0 Å². The first-order chi connectivity index (χ1) is 11.3. The number of ether oxygens (including phenoxy) is 1. The molecule has 1 fully saturated rings. The molecule has 0 aliphatic carbocycles. The lowest BCUT2D eigenvalue weighted by atomic mass is 9.99. The smallest absolute Gasteiger partial charge is 0.410 e. The Morgan fingerprint density at radius 3 is 2.83 bits per heavy atom. The van der Waals surface area contributed by atoms with Gasteiger partial charge in [-0.3, -0.25) is 9.69 Å². The highest BCUT2D eigenvalue weighted by Gasteiger charge is 2.42. The molecule has 1 aromatic heterocycles. The zero-order valence-corrected chi connectivity index (χ0v) is 12.7. The molecule has 24 heavy (non-hydrogen) atoms. The van der Waals surface area contributed by atoms with Gasteiger partial charge in [0.15, 0.2) is 5.82 Å². The van der Waals surface area contributed by atoms with E-state index in [0.717, 1.165) is 0 Å². The van der Waals surface area contributed by atoms with Crippen molar-refractivity contribution in [3.8, 4) is 0 Å². The minimum Gasteiger partial charge on any atom is -0.448 e. The molecule has 1 saturated heterocycles. The maximum atomic E-state index is 12.9. The highest BCUT2D eigenvalue weighted by molar-refractivity contribution is 5.82. The van der Waals surface area contributed by atoms with Crippen LogP contribution in [0.3, 0.4) is 0 Å². The number of amides is 2. The largest absolute Gasteiger partial charge is 0.448 e. The summed E-state index contributed by atoms with van der Waals surface area (Å²) in [5.74, 6) is -1.11. The molecule has 0 aromatic carbocycles. The van der Waals surface area contributed by atoms with Crippen molar-refractivity contribution in [3.05, 3.63) is 11.6 Å². The number of fused-ring (bicyclic) bond motifs is 1. The van der Waals surface area contributed by atoms with Crippen LogP contribution in [0.4, 0.5) is 18.0 Å². The van der Waals surface area contributed by atoms with Crippen molar-refractivity contribution in [2.45, 2.75) is 32.1 Å². The van der Waals surface area contributed by atoms with E-state index in [1.807, 2.05) is 0 Å². The monoisotopic (exact) mass is 347 g/mol. The third-order valence-corrected chi connectivity index (χ3v) is 4.11. The molecule has 8 nitrogen and oxygen atoms in total. The standard InChI is InChI=1S/C13H16F3N5O3/c14-13(15,16)8-1-2-9-18-19-10(21(9)6-8)5-17-11(22)7-20-3-4-24-12(20)23/h8H,1-7H2,(H,17,22)/t8-/m0/s1. The SMILES string of the molecule is O=C(CN1CCOC1=O)NCc1nnc2n1C[C@@H](C(F)(F)F)CC2. The zero-order valence-electron chi connectivity index (χ0n) is 12.7. The predicted molar refractivity (Wildman–Crippen MR) is 72.7 cm³/mol. The van der Waals surface area contributed by atoms with Crippen LogP contribution in [0.5, 0.6) is 0 Å². The summed E-state index contributed by atoms with van der Waals surface area (Å²) in [4.78, 5) is 24.3. The topological polar surface area (TPSA) is 89.3 Å². The molecule has 0 spiro atoms. The lowest BCUT2D eigenvalue weighted by Crippen LogP contribution is -2.38. The van der Waals surface area contributed by atoms with Crippen molar-refractivity contribution in [1.82, 2.24) is 25.0 Å². The van der Waals surface area contributed by atoms with E-state index in [1.165, 1.54) is 9.47 Å². The lowest BCUT2D eigenvalue weighted by Gasteiger charge is -2.26. The maximum absolute atomic E-state index is 12.9. The Kier molecular flexibility index (Phi) is 4.33. The third-order valence-electron chi connectivity index (χ3n) is 4.11. The Labute approximate surface area is 135 Å². The number of aromatic nitrogens is 3. The summed E-state index contributed by atoms with van der Waals surface area (Å²) in [5, 5.41) is 10.3. The van der Waals surface area contributed by atoms with Crippen molar-refractivity contribution in [1.29, 1.82) is 0 Å². The number of nitrogens with zero attached hydrogens (tertiary/aromatic N) is 4. The molecule has 2 aliphatic rings. The summed E-state index contributed by atoms with van der Waals surface area (Å²) in [5.41, 5.74) is 0. The van der Waals surface area contributed by atoms with Gasteiger partial charge in [0, 0.05) is 13.0 Å². The van der Waals surface area contributed by atoms with Crippen LogP contribution in [0.2, 0.25) is 0 Å². The molecule has 3 rings (SSSR count). The normalized spacial score (nSPS) is 20.7. The highest BCUT2D eigenvalue weighted by atomic mass is 19.4. The van der Waals surface area contributed by atoms with Crippen molar-refractivity contribution < 1.29 is 27.5 Å². The quantitative estimate of drug-likeness (QED) is 0.855. The number of hydrogen-bond acceptors (Lipinski definition) is 5. The molecule has 3 heterocycles. The van der Waals surface area contributed by atoms with Crippen LogP contribution in [0, 0.1) is 5.92 Å². The minimum atomic E-state index is -4.27. The average molecular weight is 347 g/mol. The fourth-order valence-electron chi connectivity index (χ4n) is 2.76. The van der Waals surface area contributed by atoms with Gasteiger partial charge in [-0.2, -0.15) is 13.2 Å². The Morgan fingerprint density at radius 1 is 1.38 bits per heavy atom. The Bertz CT molecular complexity index is 645. The van der Waals surface area contributed by atoms with Crippen LogP contribution < -0.4 is 5.32 Å². The van der Waals surface area contributed by atoms with Crippen molar-refractivity contribution in [2.75, 3.05) is 19.7 Å². The number of aryl methyl sites for hydroxylation is 1. The second-order valence-corrected chi connectivity index (χ2v) is 5.73. The number of alkyl halides is 3. The summed E-state index contributed by atoms with van der Waals surface area (Å²) >= 11 is 0. The van der Waals surface area contributed by atoms with Crippen LogP contribution in [-0.2, 0) is 29.0 Å². The van der Waals surface area contributed by atoms with E-state index >= 15 is 0 Å². The van der Waals surface area contributed by atoms with E-state index in [2.05, 4.69) is 15.5 Å². The number of carbonyl (C=O) groups is 2. The molecule has 1 atom stereocenters. The summed E-state index contributed by atoms with van der Waals surface area (Å²) in [6.07, 6.45) is -4.63. The highest BCUT2D eigenvalue weighted by Crippen LogP contribution is 2.34. The van der Waals surface area contributed by atoms with Crippen molar-refractivity contribution >= 4 is 12.0 Å². The minimum absolute atomic E-state index is 0.00887. The number of nitrogens with one attached hydrogen (secondary N) is 1. The van der Waals surface area contributed by atoms with Gasteiger partial charge in [0.2, 0.25) is 5.91 Å². The molecule has 0 unspecified atom stereocenters. The fraction of sp³-hybridized carbons (Fsp3) is 0.692. The summed E-state index contributed by atoms with van der Waals surface area (Å²) in [6.45, 7) is 0.127. The van der Waals surface area contributed by atoms with Gasteiger partial charge in [-0.25, -0.2) is 4.79 Å². The van der Waals surface area contributed by atoms with Gasteiger partial charge in [0.05, 0.1) is 19.0 Å². The van der Waals surface area contributed by atoms with Gasteiger partial charge in [0.25, 0.3) is 0 Å². The zero-order chi connectivity index (χ0) is 17.3. The molecule has 1 N–H and O–H groups in total. The van der Waals surface area contributed by atoms with Crippen LogP contribution in [0.25, 0.3) is 0 Å². The number of halogens is 3. The second kappa shape index (κ2) is 6.29. The molecule has 11 heteroatoms. The number of carbonyl (C=O) groups excluding carboxylic acids is 2. The number of hydrogen-bond donors (Lipinski definition) is 1. The van der Waals surface area contributed by atoms with Gasteiger partial charge < -0.3 is 14.6 Å². The van der Waals surface area contributed by atoms with Crippen LogP contribution in [0.15, 0.2) is 0 Å². The average Bonchev–Trinajstić information content (AvgIpc) is 3.10. The fourth-order valence-corrected chi connectivity index (χ4v) is 2.76. The van der Waals surface area contributed by atoms with E-state index in [0.29, 0.717) is 12.4 Å². The molecular formula is C13H16F3N5O3. The van der Waals surface area contributed by atoms with Gasteiger partial charge in [-0.05, 0) is 6.42 Å². The Hall–Kier alpha value is -2.33. The number of cyclic esters (lactones) is 1. The molecule has 0 radical (unpaired) electrons. The lowest BCUT2D eigenvalue weighted by molar-refractivity contribution is -0.182. The van der Waals surface area contributed by atoms with E-state index in [1.54, 1.807) is 0 Å². The first kappa shape index (κ1) is 16.5. The maximum Gasteiger partial charge on any atom is 0.410 e. The Balaban J connectivity index is 1.58. The van der Waals surface area contributed by atoms with E-state index in [9.17, 15) is 22.8 Å². The summed E-state index contributed by atoms with van der Waals surface area (Å²) in [7, 11) is 0. The van der Waals surface area contributed by atoms with Gasteiger partial charge in [0.1, 0.15) is 19.0 Å². The Morgan fingerprint density at radius 2 is 2.17 bits per heavy atom. The predicted octanol–water partition coefficient (Wildman–Crippen LogP) is 0.471. The van der Waals surface area contributed by atoms with E-state index < -0.39 is 24.1 Å². The van der Waals surface area contributed by atoms with Gasteiger partial charge in [-0.15, -0.1) is 10.2 Å². The van der Waals surface area contributed by atoms with Crippen LogP contribution in [0.1, 0.15) is 18.1 Å². The van der Waals surface area contributed by atoms with E-state index in [-0.39, 0.29) is 44.9 Å². The molecular weight excluding hydrogens is 331 g/mol. The first-order valence-corrected chi connectivity index (χ1v) is 7.50. The first-order valence-electron chi connectivity index (χ1n) is 7.50. The van der Waals surface area contributed by atoms with E-state index in [4.69, 9.17) is 4.74 Å². The van der Waals surface area contributed by atoms with Crippen molar-refractivity contribution in [3.63, 3.8) is 0 Å². The second-order valence-electron chi connectivity index (χ2n) is 5.73.